The van der Waals surface area contributed by atoms with Gasteiger partial charge in [0.05, 0.1) is 12.6 Å². The Bertz CT molecular complexity index is 1380. The van der Waals surface area contributed by atoms with E-state index in [0.29, 0.717) is 11.8 Å². The first-order chi connectivity index (χ1) is 18.5. The maximum atomic E-state index is 16.3. The lowest BCUT2D eigenvalue weighted by molar-refractivity contribution is -0.347. The summed E-state index contributed by atoms with van der Waals surface area (Å²) in [5, 5.41) is 31.1. The number of ether oxygens (including phenoxy) is 1. The first kappa shape index (κ1) is 25.7. The average molecular weight is 548 g/mol. The second-order valence-corrected chi connectivity index (χ2v) is 10.9. The molecule has 4 aliphatic rings. The van der Waals surface area contributed by atoms with Crippen LogP contribution in [0.2, 0.25) is 0 Å². The monoisotopic (exact) mass is 547 g/mol. The summed E-state index contributed by atoms with van der Waals surface area (Å²) >= 11 is 0. The number of hydrogen-bond donors (Lipinski definition) is 2. The molecule has 0 radical (unpaired) electrons. The molecule has 3 saturated carbocycles. The van der Waals surface area contributed by atoms with Crippen LogP contribution >= 0.6 is 0 Å². The molecule has 3 aliphatic carbocycles. The topological polar surface area (TPSA) is 114 Å². The zero-order valence-corrected chi connectivity index (χ0v) is 20.6. The molecule has 1 atom stereocenters. The highest BCUT2D eigenvalue weighted by Crippen LogP contribution is 2.80. The molecule has 0 unspecified atom stereocenters. The van der Waals surface area contributed by atoms with E-state index in [9.17, 15) is 23.8 Å². The van der Waals surface area contributed by atoms with Crippen molar-refractivity contribution in [3.8, 4) is 5.75 Å². The van der Waals surface area contributed by atoms with Gasteiger partial charge in [-0.25, -0.2) is 22.2 Å². The molecule has 9 nitrogen and oxygen atoms in total. The van der Waals surface area contributed by atoms with E-state index in [0.717, 1.165) is 28.7 Å². The second-order valence-electron chi connectivity index (χ2n) is 10.9. The minimum Gasteiger partial charge on any atom is -0.484 e. The summed E-state index contributed by atoms with van der Waals surface area (Å²) in [5.41, 5.74) is -5.07. The van der Waals surface area contributed by atoms with Gasteiger partial charge in [-0.15, -0.1) is 5.10 Å². The van der Waals surface area contributed by atoms with Crippen molar-refractivity contribution < 1.29 is 37.3 Å². The Balaban J connectivity index is 1.18. The van der Waals surface area contributed by atoms with Gasteiger partial charge in [0.15, 0.2) is 12.2 Å². The van der Waals surface area contributed by atoms with Crippen molar-refractivity contribution in [1.29, 1.82) is 0 Å². The summed E-state index contributed by atoms with van der Waals surface area (Å²) in [5.74, 6) is -5.83. The van der Waals surface area contributed by atoms with Gasteiger partial charge in [0.1, 0.15) is 23.7 Å². The smallest absolute Gasteiger partial charge is 0.287 e. The van der Waals surface area contributed by atoms with Crippen LogP contribution < -0.4 is 4.74 Å². The second kappa shape index (κ2) is 8.71. The van der Waals surface area contributed by atoms with E-state index in [-0.39, 0.29) is 44.9 Å². The molecule has 2 heterocycles. The van der Waals surface area contributed by atoms with Gasteiger partial charge < -0.3 is 19.8 Å². The van der Waals surface area contributed by atoms with Crippen molar-refractivity contribution >= 4 is 5.91 Å². The van der Waals surface area contributed by atoms with Gasteiger partial charge in [-0.05, 0) is 64.9 Å². The van der Waals surface area contributed by atoms with E-state index in [2.05, 4.69) is 15.5 Å². The number of likely N-dealkylation sites (tertiary alicyclic amines) is 1. The molecule has 13 heteroatoms. The summed E-state index contributed by atoms with van der Waals surface area (Å²) in [4.78, 5) is 13.5. The third kappa shape index (κ3) is 3.89. The highest BCUT2D eigenvalue weighted by molar-refractivity contribution is 5.78. The number of halogens is 4. The van der Waals surface area contributed by atoms with Crippen LogP contribution in [0.25, 0.3) is 0 Å². The van der Waals surface area contributed by atoms with Crippen LogP contribution in [0.4, 0.5) is 17.6 Å². The average Bonchev–Trinajstić information content (AvgIpc) is 3.32. The van der Waals surface area contributed by atoms with Crippen molar-refractivity contribution in [2.45, 2.75) is 48.8 Å². The molecule has 1 saturated heterocycles. The van der Waals surface area contributed by atoms with Crippen molar-refractivity contribution in [2.75, 3.05) is 19.7 Å². The third-order valence-electron chi connectivity index (χ3n) is 8.42. The molecule has 39 heavy (non-hydrogen) atoms. The van der Waals surface area contributed by atoms with Crippen molar-refractivity contribution in [1.82, 2.24) is 25.1 Å². The number of hydrogen-bond acceptors (Lipinski definition) is 7. The number of rotatable bonds is 9. The Morgan fingerprint density at radius 3 is 2.38 bits per heavy atom. The number of amides is 1. The first-order valence-corrected chi connectivity index (χ1v) is 12.4. The standard InChI is InChI=1S/C26H25F4N5O4/c27-17-3-6-20(21(28)7-17)25(38,14-35-15-31-32-33-35)26(29,30)24-11-23(12-24,13-24)16-1-4-19(5-2-16)39-10-22(37)34-8-18(36)9-34/h1-7,15,18,36,38H,8-14H2/t23?,24?,25-/m1/s1. The number of β-amino-alcohol motifs (C(OH)–C–C–N with tert-alkyl or cyclic N) is 1. The van der Waals surface area contributed by atoms with E-state index in [4.69, 9.17) is 4.74 Å². The summed E-state index contributed by atoms with van der Waals surface area (Å²) in [6.45, 7) is -0.429. The van der Waals surface area contributed by atoms with E-state index >= 15 is 8.78 Å². The molecule has 2 aromatic carbocycles. The largest absolute Gasteiger partial charge is 0.484 e. The van der Waals surface area contributed by atoms with Gasteiger partial charge in [-0.1, -0.05) is 12.1 Å². The predicted molar refractivity (Wildman–Crippen MR) is 126 cm³/mol. The Hall–Kier alpha value is -3.58. The fourth-order valence-corrected chi connectivity index (χ4v) is 6.33. The van der Waals surface area contributed by atoms with Crippen LogP contribution in [-0.2, 0) is 22.4 Å². The van der Waals surface area contributed by atoms with E-state index in [1.54, 1.807) is 24.3 Å². The molecule has 3 aromatic rings. The quantitative estimate of drug-likeness (QED) is 0.395. The predicted octanol–water partition coefficient (Wildman–Crippen LogP) is 2.18. The van der Waals surface area contributed by atoms with E-state index in [1.165, 1.54) is 4.90 Å². The molecule has 0 spiro atoms. The number of tetrazole rings is 1. The van der Waals surface area contributed by atoms with E-state index in [1.807, 2.05) is 0 Å². The maximum absolute atomic E-state index is 16.3. The Morgan fingerprint density at radius 2 is 1.79 bits per heavy atom. The number of alkyl halides is 2. The molecular formula is C26H25F4N5O4. The number of nitrogens with zero attached hydrogens (tertiary/aromatic N) is 5. The molecule has 2 bridgehead atoms. The minimum atomic E-state index is -3.81. The summed E-state index contributed by atoms with van der Waals surface area (Å²) in [6.07, 6.45) is 0.718. The highest BCUT2D eigenvalue weighted by Gasteiger charge is 2.82. The third-order valence-corrected chi connectivity index (χ3v) is 8.42. The number of carbonyl (C=O) groups is 1. The van der Waals surface area contributed by atoms with Crippen LogP contribution in [0, 0.1) is 17.0 Å². The molecule has 4 fully saturated rings. The van der Waals surface area contributed by atoms with Crippen LogP contribution in [0.15, 0.2) is 48.8 Å². The van der Waals surface area contributed by atoms with E-state index < -0.39 is 52.2 Å². The number of aliphatic hydroxyl groups excluding tert-OH is 1. The van der Waals surface area contributed by atoms with Gasteiger partial charge in [-0.2, -0.15) is 0 Å². The normalized spacial score (nSPS) is 25.7. The molecule has 1 aliphatic heterocycles. The Kier molecular flexibility index (Phi) is 5.74. The van der Waals surface area contributed by atoms with Gasteiger partial charge >= 0.3 is 0 Å². The zero-order chi connectivity index (χ0) is 27.6. The molecular weight excluding hydrogens is 522 g/mol. The molecule has 1 amide bonds. The summed E-state index contributed by atoms with van der Waals surface area (Å²) in [6, 6.07) is 8.98. The number of carbonyl (C=O) groups excluding carboxylic acids is 1. The van der Waals surface area contributed by atoms with Gasteiger partial charge in [0.2, 0.25) is 0 Å². The van der Waals surface area contributed by atoms with Crippen LogP contribution in [0.1, 0.15) is 30.4 Å². The molecule has 1 aromatic heterocycles. The van der Waals surface area contributed by atoms with Crippen LogP contribution in [0.3, 0.4) is 0 Å². The van der Waals surface area contributed by atoms with Crippen molar-refractivity contribution in [3.05, 3.63) is 71.6 Å². The number of aliphatic hydroxyl groups is 2. The SMILES string of the molecule is O=C(COc1ccc(C23CC(C(F)(F)[C@@](O)(Cn4cnnn4)c4ccc(F)cc4F)(C2)C3)cc1)N1CC(O)C1. The minimum absolute atomic E-state index is 0.0592. The van der Waals surface area contributed by atoms with Gasteiger partial charge in [-0.3, -0.25) is 4.79 Å². The number of benzene rings is 2. The Morgan fingerprint density at radius 1 is 1.10 bits per heavy atom. The maximum Gasteiger partial charge on any atom is 0.287 e. The molecule has 7 rings (SSSR count). The fraction of sp³-hybridized carbons (Fsp3) is 0.462. The molecule has 206 valence electrons. The number of aromatic nitrogens is 4. The van der Waals surface area contributed by atoms with Crippen molar-refractivity contribution in [2.24, 2.45) is 5.41 Å². The van der Waals surface area contributed by atoms with Crippen LogP contribution in [0.5, 0.6) is 5.75 Å². The summed E-state index contributed by atoms with van der Waals surface area (Å²) in [7, 11) is 0. The Labute approximate surface area is 220 Å². The van der Waals surface area contributed by atoms with Gasteiger partial charge in [0, 0.05) is 30.1 Å². The zero-order valence-electron chi connectivity index (χ0n) is 20.6. The van der Waals surface area contributed by atoms with Crippen molar-refractivity contribution in [3.63, 3.8) is 0 Å². The lowest BCUT2D eigenvalue weighted by Crippen LogP contribution is -2.76. The van der Waals surface area contributed by atoms with Crippen LogP contribution in [-0.4, -0.2) is 73.0 Å². The lowest BCUT2D eigenvalue weighted by Gasteiger charge is -2.74. The first-order valence-electron chi connectivity index (χ1n) is 12.4. The summed E-state index contributed by atoms with van der Waals surface area (Å²) < 4.78 is 67.3. The highest BCUT2D eigenvalue weighted by atomic mass is 19.3. The van der Waals surface area contributed by atoms with Gasteiger partial charge in [0.25, 0.3) is 11.8 Å². The lowest BCUT2D eigenvalue weighted by atomic mass is 9.30. The molecule has 2 N–H and O–H groups in total. The fourth-order valence-electron chi connectivity index (χ4n) is 6.33.